The van der Waals surface area contributed by atoms with Gasteiger partial charge in [0, 0.05) is 36.6 Å². The van der Waals surface area contributed by atoms with Crippen LogP contribution in [0.25, 0.3) is 17.0 Å². The summed E-state index contributed by atoms with van der Waals surface area (Å²) in [4.78, 5) is 19.2. The van der Waals surface area contributed by atoms with Crippen molar-refractivity contribution in [2.24, 2.45) is 10.8 Å². The van der Waals surface area contributed by atoms with Crippen LogP contribution in [0.1, 0.15) is 16.7 Å². The summed E-state index contributed by atoms with van der Waals surface area (Å²) >= 11 is 7.11. The Kier molecular flexibility index (Phi) is 6.34. The van der Waals surface area contributed by atoms with E-state index in [9.17, 15) is 18.0 Å². The van der Waals surface area contributed by atoms with Crippen molar-refractivity contribution in [3.63, 3.8) is 0 Å². The van der Waals surface area contributed by atoms with Gasteiger partial charge in [0.15, 0.2) is 5.17 Å². The maximum Gasteiger partial charge on any atom is 0.416 e. The second kappa shape index (κ2) is 9.30. The highest BCUT2D eigenvalue weighted by molar-refractivity contribution is 8.18. The third-order valence-corrected chi connectivity index (χ3v) is 7.13. The third-order valence-electron chi connectivity index (χ3n) is 5.86. The van der Waals surface area contributed by atoms with Crippen molar-refractivity contribution >= 4 is 51.4 Å². The van der Waals surface area contributed by atoms with Gasteiger partial charge in [0.1, 0.15) is 0 Å². The Morgan fingerprint density at radius 2 is 1.89 bits per heavy atom. The zero-order valence-corrected chi connectivity index (χ0v) is 19.9. The van der Waals surface area contributed by atoms with Crippen LogP contribution in [0.3, 0.4) is 0 Å². The number of carbonyl (C=O) groups is 1. The lowest BCUT2D eigenvalue weighted by atomic mass is 10.1. The smallest absolute Gasteiger partial charge is 0.348 e. The fourth-order valence-electron chi connectivity index (χ4n) is 4.03. The number of aliphatic imine (C=N–C) groups is 1. The van der Waals surface area contributed by atoms with Crippen LogP contribution in [-0.2, 0) is 17.5 Å². The number of thioether (sulfide) groups is 1. The SMILES string of the molecule is NN1CCN(C2=NC(=O)/C(=C/c3ccc4c(cnn4Cc4ccc(Cl)cc4C(F)(F)F)c3)S2)CC1. The lowest BCUT2D eigenvalue weighted by Gasteiger charge is -2.32. The monoisotopic (exact) mass is 520 g/mol. The van der Waals surface area contributed by atoms with E-state index in [0.29, 0.717) is 41.8 Å². The van der Waals surface area contributed by atoms with Gasteiger partial charge in [-0.3, -0.25) is 15.3 Å². The fraction of sp³-hybridized carbons (Fsp3) is 0.261. The Hall–Kier alpha value is -2.86. The molecule has 2 aliphatic rings. The molecule has 1 fully saturated rings. The van der Waals surface area contributed by atoms with E-state index in [1.807, 2.05) is 11.0 Å². The van der Waals surface area contributed by atoms with Crippen molar-refractivity contribution < 1.29 is 18.0 Å². The molecule has 1 saturated heterocycles. The van der Waals surface area contributed by atoms with Crippen LogP contribution in [0.5, 0.6) is 0 Å². The number of nitrogens with zero attached hydrogens (tertiary/aromatic N) is 5. The Balaban J connectivity index is 1.36. The molecule has 2 N–H and O–H groups in total. The molecule has 1 amide bonds. The second-order valence-electron chi connectivity index (χ2n) is 8.25. The Labute approximate surface area is 208 Å². The number of rotatable bonds is 3. The molecule has 0 unspecified atom stereocenters. The molecule has 2 aliphatic heterocycles. The van der Waals surface area contributed by atoms with Gasteiger partial charge in [0.25, 0.3) is 5.91 Å². The standard InChI is InChI=1S/C23H20ClF3N6OS/c24-17-3-2-15(18(11-17)23(25,26)27)13-33-19-4-1-14(9-16(19)12-29-33)10-20-21(34)30-22(35-20)31-5-7-32(28)8-6-31/h1-4,9-12H,5-8,13,28H2/b20-10-. The minimum atomic E-state index is -4.52. The van der Waals surface area contributed by atoms with Crippen LogP contribution in [0, 0.1) is 0 Å². The van der Waals surface area contributed by atoms with E-state index in [-0.39, 0.29) is 23.0 Å². The van der Waals surface area contributed by atoms with E-state index < -0.39 is 11.7 Å². The highest BCUT2D eigenvalue weighted by atomic mass is 35.5. The first-order valence-electron chi connectivity index (χ1n) is 10.8. The van der Waals surface area contributed by atoms with E-state index in [1.165, 1.54) is 28.6 Å². The van der Waals surface area contributed by atoms with Crippen LogP contribution in [-0.4, -0.2) is 56.9 Å². The largest absolute Gasteiger partial charge is 0.416 e. The predicted molar refractivity (Wildman–Crippen MR) is 131 cm³/mol. The molecule has 35 heavy (non-hydrogen) atoms. The average Bonchev–Trinajstić information content (AvgIpc) is 3.38. The summed E-state index contributed by atoms with van der Waals surface area (Å²) in [6.45, 7) is 2.76. The van der Waals surface area contributed by atoms with E-state index >= 15 is 0 Å². The van der Waals surface area contributed by atoms with Crippen LogP contribution in [0.2, 0.25) is 5.02 Å². The molecule has 0 spiro atoms. The van der Waals surface area contributed by atoms with E-state index in [1.54, 1.807) is 29.4 Å². The highest BCUT2D eigenvalue weighted by Gasteiger charge is 2.33. The van der Waals surface area contributed by atoms with E-state index in [0.717, 1.165) is 17.0 Å². The first-order chi connectivity index (χ1) is 16.7. The normalized spacial score (nSPS) is 18.7. The van der Waals surface area contributed by atoms with Gasteiger partial charge < -0.3 is 4.90 Å². The lowest BCUT2D eigenvalue weighted by Crippen LogP contribution is -2.50. The van der Waals surface area contributed by atoms with Gasteiger partial charge in [0.2, 0.25) is 0 Å². The first-order valence-corrected chi connectivity index (χ1v) is 12.0. The van der Waals surface area contributed by atoms with Gasteiger partial charge in [-0.1, -0.05) is 23.7 Å². The highest BCUT2D eigenvalue weighted by Crippen LogP contribution is 2.35. The number of aromatic nitrogens is 2. The van der Waals surface area contributed by atoms with Gasteiger partial charge in [-0.05, 0) is 53.2 Å². The van der Waals surface area contributed by atoms with Crippen molar-refractivity contribution in [1.29, 1.82) is 0 Å². The van der Waals surface area contributed by atoms with Crippen LogP contribution in [0.15, 0.2) is 52.5 Å². The molecule has 1 aromatic heterocycles. The van der Waals surface area contributed by atoms with E-state index in [2.05, 4.69) is 10.1 Å². The first kappa shape index (κ1) is 23.9. The van der Waals surface area contributed by atoms with Crippen molar-refractivity contribution in [3.8, 4) is 0 Å². The Morgan fingerprint density at radius 1 is 1.11 bits per heavy atom. The molecule has 3 heterocycles. The molecule has 12 heteroatoms. The molecule has 7 nitrogen and oxygen atoms in total. The quantitative estimate of drug-likeness (QED) is 0.411. The molecule has 0 radical (unpaired) electrons. The van der Waals surface area contributed by atoms with Crippen molar-refractivity contribution in [2.45, 2.75) is 12.7 Å². The third kappa shape index (κ3) is 5.08. The molecular formula is C23H20ClF3N6OS. The van der Waals surface area contributed by atoms with Gasteiger partial charge >= 0.3 is 6.18 Å². The molecular weight excluding hydrogens is 501 g/mol. The molecule has 182 valence electrons. The van der Waals surface area contributed by atoms with Crippen molar-refractivity contribution in [1.82, 2.24) is 19.7 Å². The number of halogens is 4. The predicted octanol–water partition coefficient (Wildman–Crippen LogP) is 4.22. The number of amides is 1. The number of alkyl halides is 3. The van der Waals surface area contributed by atoms with Gasteiger partial charge in [-0.2, -0.15) is 23.3 Å². The molecule has 2 aromatic carbocycles. The second-order valence-corrected chi connectivity index (χ2v) is 9.70. The maximum atomic E-state index is 13.5. The summed E-state index contributed by atoms with van der Waals surface area (Å²) in [5, 5.41) is 7.47. The number of carbonyl (C=O) groups excluding carboxylic acids is 1. The topological polar surface area (TPSA) is 79.8 Å². The lowest BCUT2D eigenvalue weighted by molar-refractivity contribution is -0.138. The Morgan fingerprint density at radius 3 is 2.63 bits per heavy atom. The molecule has 5 rings (SSSR count). The van der Waals surface area contributed by atoms with Gasteiger partial charge in [-0.25, -0.2) is 5.01 Å². The molecule has 0 aliphatic carbocycles. The number of nitrogens with two attached hydrogens (primary N) is 1. The fourth-order valence-corrected chi connectivity index (χ4v) is 5.17. The zero-order valence-electron chi connectivity index (χ0n) is 18.3. The van der Waals surface area contributed by atoms with Crippen molar-refractivity contribution in [3.05, 3.63) is 69.2 Å². The molecule has 0 saturated carbocycles. The number of hydrogen-bond donors (Lipinski definition) is 1. The number of fused-ring (bicyclic) bond motifs is 1. The van der Waals surface area contributed by atoms with Crippen molar-refractivity contribution in [2.75, 3.05) is 26.2 Å². The number of amidine groups is 1. The molecule has 0 bridgehead atoms. The zero-order chi connectivity index (χ0) is 24.7. The molecule has 3 aromatic rings. The number of hydrazine groups is 1. The number of piperazine rings is 1. The summed E-state index contributed by atoms with van der Waals surface area (Å²) in [7, 11) is 0. The summed E-state index contributed by atoms with van der Waals surface area (Å²) in [6, 6.07) is 9.16. The van der Waals surface area contributed by atoms with E-state index in [4.69, 9.17) is 17.4 Å². The van der Waals surface area contributed by atoms with Gasteiger partial charge in [0.05, 0.1) is 28.7 Å². The Bertz CT molecular complexity index is 1360. The van der Waals surface area contributed by atoms with Crippen LogP contribution >= 0.6 is 23.4 Å². The summed E-state index contributed by atoms with van der Waals surface area (Å²) < 4.78 is 41.9. The number of benzene rings is 2. The van der Waals surface area contributed by atoms with Gasteiger partial charge in [-0.15, -0.1) is 0 Å². The molecule has 0 atom stereocenters. The minimum Gasteiger partial charge on any atom is -0.348 e. The average molecular weight is 521 g/mol. The maximum absolute atomic E-state index is 13.5. The van der Waals surface area contributed by atoms with Crippen LogP contribution < -0.4 is 5.84 Å². The summed E-state index contributed by atoms with van der Waals surface area (Å²) in [6.07, 6.45) is -1.16. The number of hydrogen-bond acceptors (Lipinski definition) is 6. The minimum absolute atomic E-state index is 0.0252. The summed E-state index contributed by atoms with van der Waals surface area (Å²) in [5.41, 5.74) is 0.748. The van der Waals surface area contributed by atoms with Crippen LogP contribution in [0.4, 0.5) is 13.2 Å². The summed E-state index contributed by atoms with van der Waals surface area (Å²) in [5.74, 6) is 5.50.